The Balaban J connectivity index is 2.14. The van der Waals surface area contributed by atoms with Crippen LogP contribution in [0.4, 0.5) is 0 Å². The highest BCUT2D eigenvalue weighted by Gasteiger charge is 2.19. The molecule has 0 amide bonds. The van der Waals surface area contributed by atoms with E-state index in [-0.39, 0.29) is 0 Å². The topological polar surface area (TPSA) is 9.23 Å². The van der Waals surface area contributed by atoms with Crippen LogP contribution in [0, 0.1) is 0 Å². The summed E-state index contributed by atoms with van der Waals surface area (Å²) < 4.78 is 5.30. The van der Waals surface area contributed by atoms with Crippen molar-refractivity contribution in [2.24, 2.45) is 0 Å². The average Bonchev–Trinajstić information content (AvgIpc) is 2.26. The quantitative estimate of drug-likeness (QED) is 0.696. The fraction of sp³-hybridized carbons (Fsp3) is 0.500. The van der Waals surface area contributed by atoms with Crippen molar-refractivity contribution < 1.29 is 4.74 Å². The fourth-order valence-electron chi connectivity index (χ4n) is 2.21. The lowest BCUT2D eigenvalue weighted by Gasteiger charge is -2.24. The largest absolute Gasteiger partial charge is 0.365 e. The third-order valence-corrected chi connectivity index (χ3v) is 3.04. The number of hydrogen-bond acceptors (Lipinski definition) is 1. The van der Waals surface area contributed by atoms with Crippen LogP contribution in [0.3, 0.4) is 0 Å². The number of rotatable bonds is 3. The Morgan fingerprint density at radius 2 is 2.21 bits per heavy atom. The van der Waals surface area contributed by atoms with Crippen LogP contribution in [0.5, 0.6) is 0 Å². The molecule has 14 heavy (non-hydrogen) atoms. The van der Waals surface area contributed by atoms with E-state index < -0.39 is 0 Å². The molecule has 76 valence electrons. The van der Waals surface area contributed by atoms with Crippen LogP contribution in [0.2, 0.25) is 0 Å². The van der Waals surface area contributed by atoms with Crippen molar-refractivity contribution in [2.75, 3.05) is 12.7 Å². The highest BCUT2D eigenvalue weighted by Crippen LogP contribution is 2.31. The molecule has 0 N–H and O–H groups in total. The van der Waals surface area contributed by atoms with Crippen LogP contribution < -0.4 is 0 Å². The lowest BCUT2D eigenvalue weighted by Crippen LogP contribution is -2.14. The lowest BCUT2D eigenvalue weighted by atomic mass is 9.83. The lowest BCUT2D eigenvalue weighted by molar-refractivity contribution is 0.155. The van der Waals surface area contributed by atoms with Crippen molar-refractivity contribution in [2.45, 2.75) is 25.2 Å². The third kappa shape index (κ3) is 2.10. The molecule has 1 aromatic rings. The third-order valence-electron chi connectivity index (χ3n) is 2.89. The molecule has 0 saturated carbocycles. The zero-order valence-electron chi connectivity index (χ0n) is 8.21. The van der Waals surface area contributed by atoms with Crippen molar-refractivity contribution >= 4 is 11.6 Å². The molecule has 1 aromatic carbocycles. The number of hydrogen-bond donors (Lipinski definition) is 0. The molecule has 0 bridgehead atoms. The zero-order chi connectivity index (χ0) is 9.80. The van der Waals surface area contributed by atoms with Crippen molar-refractivity contribution in [1.29, 1.82) is 0 Å². The predicted molar refractivity (Wildman–Crippen MR) is 58.8 cm³/mol. The van der Waals surface area contributed by atoms with Gasteiger partial charge < -0.3 is 4.74 Å². The van der Waals surface area contributed by atoms with E-state index in [0.717, 1.165) is 6.61 Å². The summed E-state index contributed by atoms with van der Waals surface area (Å²) in [6.45, 7) is 0.764. The van der Waals surface area contributed by atoms with Crippen molar-refractivity contribution in [3.63, 3.8) is 0 Å². The predicted octanol–water partition coefficient (Wildman–Crippen LogP) is 3.32. The molecule has 2 heteroatoms. The molecule has 0 spiro atoms. The number of aryl methyl sites for hydroxylation is 1. The van der Waals surface area contributed by atoms with E-state index in [1.807, 2.05) is 0 Å². The van der Waals surface area contributed by atoms with Gasteiger partial charge in [-0.1, -0.05) is 35.9 Å². The Morgan fingerprint density at radius 3 is 3.07 bits per heavy atom. The van der Waals surface area contributed by atoms with E-state index in [2.05, 4.69) is 24.3 Å². The molecule has 0 heterocycles. The van der Waals surface area contributed by atoms with Gasteiger partial charge in [-0.05, 0) is 30.4 Å². The molecular weight excluding hydrogens is 196 g/mol. The van der Waals surface area contributed by atoms with Crippen LogP contribution in [0.15, 0.2) is 24.3 Å². The van der Waals surface area contributed by atoms with E-state index in [1.54, 1.807) is 0 Å². The standard InChI is InChI=1S/C12H15ClO/c13-9-14-8-11-6-3-5-10-4-1-2-7-12(10)11/h1-2,4,7,11H,3,5-6,8-9H2. The van der Waals surface area contributed by atoms with E-state index in [1.165, 1.54) is 30.4 Å². The van der Waals surface area contributed by atoms with Gasteiger partial charge in [0.15, 0.2) is 0 Å². The number of benzene rings is 1. The second-order valence-corrected chi connectivity index (χ2v) is 3.99. The maximum Gasteiger partial charge on any atom is 0.120 e. The van der Waals surface area contributed by atoms with Gasteiger partial charge in [0, 0.05) is 5.92 Å². The Bertz CT molecular complexity index is 298. The number of halogens is 1. The van der Waals surface area contributed by atoms with Gasteiger partial charge in [-0.2, -0.15) is 0 Å². The van der Waals surface area contributed by atoms with Gasteiger partial charge in [0.25, 0.3) is 0 Å². The second-order valence-electron chi connectivity index (χ2n) is 3.77. The molecule has 1 aliphatic rings. The summed E-state index contributed by atoms with van der Waals surface area (Å²) in [5.41, 5.74) is 2.95. The van der Waals surface area contributed by atoms with Gasteiger partial charge in [-0.25, -0.2) is 0 Å². The van der Waals surface area contributed by atoms with Crippen LogP contribution >= 0.6 is 11.6 Å². The summed E-state index contributed by atoms with van der Waals surface area (Å²) in [6, 6.07) is 8.97. The second kappa shape index (κ2) is 4.81. The van der Waals surface area contributed by atoms with E-state index in [9.17, 15) is 0 Å². The number of ether oxygens (including phenoxy) is 1. The van der Waals surface area contributed by atoms with Gasteiger partial charge in [0.05, 0.1) is 6.61 Å². The minimum absolute atomic E-state index is 0.304. The molecule has 0 aromatic heterocycles. The van der Waals surface area contributed by atoms with E-state index in [4.69, 9.17) is 16.3 Å². The highest BCUT2D eigenvalue weighted by molar-refractivity contribution is 6.17. The van der Waals surface area contributed by atoms with Gasteiger partial charge >= 0.3 is 0 Å². The fourth-order valence-corrected chi connectivity index (χ4v) is 2.30. The van der Waals surface area contributed by atoms with Crippen LogP contribution in [0.1, 0.15) is 29.9 Å². The maximum atomic E-state index is 5.53. The molecular formula is C12H15ClO. The Hall–Kier alpha value is -0.530. The zero-order valence-corrected chi connectivity index (χ0v) is 8.96. The van der Waals surface area contributed by atoms with Crippen LogP contribution in [-0.4, -0.2) is 12.7 Å². The molecule has 0 aliphatic heterocycles. The van der Waals surface area contributed by atoms with Crippen molar-refractivity contribution in [1.82, 2.24) is 0 Å². The summed E-state index contributed by atoms with van der Waals surface area (Å²) in [7, 11) is 0. The molecule has 1 nitrogen and oxygen atoms in total. The van der Waals surface area contributed by atoms with Crippen molar-refractivity contribution in [3.8, 4) is 0 Å². The Labute approximate surface area is 90.0 Å². The highest BCUT2D eigenvalue weighted by atomic mass is 35.5. The smallest absolute Gasteiger partial charge is 0.120 e. The number of fused-ring (bicyclic) bond motifs is 1. The maximum absolute atomic E-state index is 5.53. The average molecular weight is 211 g/mol. The first-order valence-electron chi connectivity index (χ1n) is 5.13. The molecule has 1 aliphatic carbocycles. The first-order chi connectivity index (χ1) is 6.92. The summed E-state index contributed by atoms with van der Waals surface area (Å²) >= 11 is 5.53. The summed E-state index contributed by atoms with van der Waals surface area (Å²) in [5, 5.41) is 0. The summed E-state index contributed by atoms with van der Waals surface area (Å²) in [5.74, 6) is 0.554. The van der Waals surface area contributed by atoms with Gasteiger partial charge in [0.2, 0.25) is 0 Å². The van der Waals surface area contributed by atoms with Crippen LogP contribution in [0.25, 0.3) is 0 Å². The minimum atomic E-state index is 0.304. The number of alkyl halides is 1. The molecule has 1 unspecified atom stereocenters. The molecule has 1 atom stereocenters. The normalized spacial score (nSPS) is 20.5. The SMILES string of the molecule is ClCOCC1CCCc2ccccc21. The molecule has 0 fully saturated rings. The Kier molecular flexibility index (Phi) is 3.44. The minimum Gasteiger partial charge on any atom is -0.365 e. The monoisotopic (exact) mass is 210 g/mol. The van der Waals surface area contributed by atoms with Crippen LogP contribution in [-0.2, 0) is 11.2 Å². The first-order valence-corrected chi connectivity index (χ1v) is 5.67. The molecule has 2 rings (SSSR count). The molecule has 0 radical (unpaired) electrons. The van der Waals surface area contributed by atoms with Gasteiger partial charge in [0.1, 0.15) is 6.07 Å². The molecule has 0 saturated heterocycles. The summed E-state index contributed by atoms with van der Waals surface area (Å²) in [4.78, 5) is 0. The van der Waals surface area contributed by atoms with Gasteiger partial charge in [-0.3, -0.25) is 0 Å². The van der Waals surface area contributed by atoms with Crippen molar-refractivity contribution in [3.05, 3.63) is 35.4 Å². The first kappa shape index (κ1) is 10.0. The van der Waals surface area contributed by atoms with Gasteiger partial charge in [-0.15, -0.1) is 0 Å². The Morgan fingerprint density at radius 1 is 1.36 bits per heavy atom. The van der Waals surface area contributed by atoms with E-state index in [0.29, 0.717) is 12.0 Å². The van der Waals surface area contributed by atoms with E-state index >= 15 is 0 Å². The summed E-state index contributed by atoms with van der Waals surface area (Å²) in [6.07, 6.45) is 3.72.